The number of Topliss-reactive ketones (excluding diaryl/α,β-unsaturated/α-hetero) is 1. The summed E-state index contributed by atoms with van der Waals surface area (Å²) in [7, 11) is 1.63. The molecule has 1 unspecified atom stereocenters. The molecule has 1 atom stereocenters. The highest BCUT2D eigenvalue weighted by Crippen LogP contribution is 2.22. The standard InChI is InChI=1S/C19H22O2/c1-15(16-8-4-3-5-9-16)7-6-10-19(20)17-11-13-18(21-2)14-12-17/h3-5,8-9,11-15H,6-7,10H2,1-2H3. The average Bonchev–Trinajstić information content (AvgIpc) is 2.55. The number of benzene rings is 2. The first-order chi connectivity index (χ1) is 10.2. The van der Waals surface area contributed by atoms with Gasteiger partial charge in [-0.3, -0.25) is 4.79 Å². The van der Waals surface area contributed by atoms with E-state index in [2.05, 4.69) is 31.2 Å². The fraction of sp³-hybridized carbons (Fsp3) is 0.316. The Morgan fingerprint density at radius 2 is 1.71 bits per heavy atom. The Hall–Kier alpha value is -2.09. The zero-order valence-electron chi connectivity index (χ0n) is 12.7. The van der Waals surface area contributed by atoms with Gasteiger partial charge in [0.25, 0.3) is 0 Å². The second kappa shape index (κ2) is 7.63. The minimum absolute atomic E-state index is 0.206. The first kappa shape index (κ1) is 15.3. The lowest BCUT2D eigenvalue weighted by Gasteiger charge is -2.11. The van der Waals surface area contributed by atoms with Gasteiger partial charge in [-0.15, -0.1) is 0 Å². The van der Waals surface area contributed by atoms with Crippen LogP contribution >= 0.6 is 0 Å². The SMILES string of the molecule is COc1ccc(C(=O)CCCC(C)c2ccccc2)cc1. The molecule has 0 radical (unpaired) electrons. The van der Waals surface area contributed by atoms with Crippen molar-refractivity contribution < 1.29 is 9.53 Å². The molecule has 110 valence electrons. The third-order valence-electron chi connectivity index (χ3n) is 3.82. The van der Waals surface area contributed by atoms with Gasteiger partial charge in [-0.25, -0.2) is 0 Å². The third kappa shape index (κ3) is 4.45. The van der Waals surface area contributed by atoms with Gasteiger partial charge in [0.15, 0.2) is 5.78 Å². The highest BCUT2D eigenvalue weighted by Gasteiger charge is 2.09. The van der Waals surface area contributed by atoms with Crippen LogP contribution in [0.1, 0.15) is 48.0 Å². The van der Waals surface area contributed by atoms with Gasteiger partial charge < -0.3 is 4.74 Å². The van der Waals surface area contributed by atoms with Crippen LogP contribution in [0.2, 0.25) is 0 Å². The van der Waals surface area contributed by atoms with Crippen molar-refractivity contribution in [3.8, 4) is 5.75 Å². The van der Waals surface area contributed by atoms with Crippen molar-refractivity contribution >= 4 is 5.78 Å². The fourth-order valence-corrected chi connectivity index (χ4v) is 2.44. The summed E-state index contributed by atoms with van der Waals surface area (Å²) in [6, 6.07) is 17.8. The number of ether oxygens (including phenoxy) is 1. The quantitative estimate of drug-likeness (QED) is 0.678. The summed E-state index contributed by atoms with van der Waals surface area (Å²) in [5, 5.41) is 0. The molecule has 0 N–H and O–H groups in total. The zero-order chi connectivity index (χ0) is 15.1. The minimum atomic E-state index is 0.206. The topological polar surface area (TPSA) is 26.3 Å². The normalized spacial score (nSPS) is 11.9. The number of ketones is 1. The Labute approximate surface area is 126 Å². The summed E-state index contributed by atoms with van der Waals surface area (Å²) >= 11 is 0. The van der Waals surface area contributed by atoms with Crippen molar-refractivity contribution in [1.29, 1.82) is 0 Å². The van der Waals surface area contributed by atoms with E-state index in [0.717, 1.165) is 24.2 Å². The molecule has 0 saturated carbocycles. The van der Waals surface area contributed by atoms with Gasteiger partial charge in [0.2, 0.25) is 0 Å². The van der Waals surface area contributed by atoms with E-state index in [0.29, 0.717) is 12.3 Å². The molecule has 2 nitrogen and oxygen atoms in total. The Morgan fingerprint density at radius 3 is 2.33 bits per heavy atom. The van der Waals surface area contributed by atoms with Crippen LogP contribution in [-0.2, 0) is 0 Å². The molecule has 0 bridgehead atoms. The van der Waals surface area contributed by atoms with Crippen LogP contribution in [0, 0.1) is 0 Å². The molecule has 0 aliphatic carbocycles. The number of hydrogen-bond donors (Lipinski definition) is 0. The van der Waals surface area contributed by atoms with E-state index in [9.17, 15) is 4.79 Å². The second-order valence-corrected chi connectivity index (χ2v) is 5.36. The Balaban J connectivity index is 1.81. The lowest BCUT2D eigenvalue weighted by molar-refractivity contribution is 0.0979. The van der Waals surface area contributed by atoms with Crippen molar-refractivity contribution in [2.45, 2.75) is 32.1 Å². The van der Waals surface area contributed by atoms with E-state index in [1.807, 2.05) is 30.3 Å². The van der Waals surface area contributed by atoms with E-state index in [1.165, 1.54) is 5.56 Å². The van der Waals surface area contributed by atoms with Gasteiger partial charge in [0.05, 0.1) is 7.11 Å². The zero-order valence-corrected chi connectivity index (χ0v) is 12.7. The summed E-state index contributed by atoms with van der Waals surface area (Å²) in [4.78, 5) is 12.1. The summed E-state index contributed by atoms with van der Waals surface area (Å²) < 4.78 is 5.10. The van der Waals surface area contributed by atoms with Crippen molar-refractivity contribution in [1.82, 2.24) is 0 Å². The molecule has 2 rings (SSSR count). The summed E-state index contributed by atoms with van der Waals surface area (Å²) in [6.07, 6.45) is 2.55. The molecule has 0 aromatic heterocycles. The predicted molar refractivity (Wildman–Crippen MR) is 86.0 cm³/mol. The maximum Gasteiger partial charge on any atom is 0.162 e. The number of carbonyl (C=O) groups excluding carboxylic acids is 1. The Morgan fingerprint density at radius 1 is 1.05 bits per heavy atom. The van der Waals surface area contributed by atoms with E-state index >= 15 is 0 Å². The molecule has 0 spiro atoms. The lowest BCUT2D eigenvalue weighted by Crippen LogP contribution is -2.01. The summed E-state index contributed by atoms with van der Waals surface area (Å²) in [5.41, 5.74) is 2.11. The molecule has 2 heteroatoms. The molecule has 2 aromatic rings. The van der Waals surface area contributed by atoms with Crippen LogP contribution in [-0.4, -0.2) is 12.9 Å². The predicted octanol–water partition coefficient (Wildman–Crippen LogP) is 4.85. The van der Waals surface area contributed by atoms with Crippen LogP contribution in [0.5, 0.6) is 5.75 Å². The first-order valence-corrected chi connectivity index (χ1v) is 7.43. The molecule has 2 aromatic carbocycles. The van der Waals surface area contributed by atoms with Crippen molar-refractivity contribution in [2.24, 2.45) is 0 Å². The van der Waals surface area contributed by atoms with E-state index in [4.69, 9.17) is 4.74 Å². The number of carbonyl (C=O) groups is 1. The molecule has 0 aliphatic rings. The monoisotopic (exact) mass is 282 g/mol. The highest BCUT2D eigenvalue weighted by atomic mass is 16.5. The first-order valence-electron chi connectivity index (χ1n) is 7.43. The molecule has 0 saturated heterocycles. The van der Waals surface area contributed by atoms with Gasteiger partial charge in [0.1, 0.15) is 5.75 Å². The molecule has 21 heavy (non-hydrogen) atoms. The van der Waals surface area contributed by atoms with Gasteiger partial charge >= 0.3 is 0 Å². The molecular formula is C19H22O2. The smallest absolute Gasteiger partial charge is 0.162 e. The molecule has 0 amide bonds. The summed E-state index contributed by atoms with van der Waals surface area (Å²) in [5.74, 6) is 1.48. The van der Waals surface area contributed by atoms with Gasteiger partial charge in [0, 0.05) is 12.0 Å². The van der Waals surface area contributed by atoms with E-state index in [1.54, 1.807) is 7.11 Å². The minimum Gasteiger partial charge on any atom is -0.497 e. The maximum atomic E-state index is 12.1. The van der Waals surface area contributed by atoms with Gasteiger partial charge in [-0.05, 0) is 48.6 Å². The fourth-order valence-electron chi connectivity index (χ4n) is 2.44. The maximum absolute atomic E-state index is 12.1. The second-order valence-electron chi connectivity index (χ2n) is 5.36. The molecular weight excluding hydrogens is 260 g/mol. The third-order valence-corrected chi connectivity index (χ3v) is 3.82. The summed E-state index contributed by atoms with van der Waals surface area (Å²) in [6.45, 7) is 2.22. The van der Waals surface area contributed by atoms with Gasteiger partial charge in [-0.2, -0.15) is 0 Å². The van der Waals surface area contributed by atoms with Crippen molar-refractivity contribution in [3.63, 3.8) is 0 Å². The largest absolute Gasteiger partial charge is 0.497 e. The number of hydrogen-bond acceptors (Lipinski definition) is 2. The number of methoxy groups -OCH3 is 1. The average molecular weight is 282 g/mol. The van der Waals surface area contributed by atoms with Crippen LogP contribution in [0.4, 0.5) is 0 Å². The van der Waals surface area contributed by atoms with E-state index < -0.39 is 0 Å². The van der Waals surface area contributed by atoms with E-state index in [-0.39, 0.29) is 5.78 Å². The van der Waals surface area contributed by atoms with Crippen LogP contribution in [0.15, 0.2) is 54.6 Å². The molecule has 0 fully saturated rings. The van der Waals surface area contributed by atoms with Crippen LogP contribution in [0.25, 0.3) is 0 Å². The van der Waals surface area contributed by atoms with Crippen LogP contribution < -0.4 is 4.74 Å². The molecule has 0 aliphatic heterocycles. The lowest BCUT2D eigenvalue weighted by atomic mass is 9.94. The number of rotatable bonds is 7. The van der Waals surface area contributed by atoms with Crippen molar-refractivity contribution in [2.75, 3.05) is 7.11 Å². The molecule has 0 heterocycles. The van der Waals surface area contributed by atoms with Crippen LogP contribution in [0.3, 0.4) is 0 Å². The van der Waals surface area contributed by atoms with Crippen molar-refractivity contribution in [3.05, 3.63) is 65.7 Å². The Kier molecular flexibility index (Phi) is 5.56. The highest BCUT2D eigenvalue weighted by molar-refractivity contribution is 5.96. The van der Waals surface area contributed by atoms with Gasteiger partial charge in [-0.1, -0.05) is 37.3 Å². The Bertz CT molecular complexity index is 558.